The van der Waals surface area contributed by atoms with Crippen LogP contribution in [0.4, 0.5) is 10.1 Å². The number of aromatic nitrogens is 2. The number of anilines is 1. The first kappa shape index (κ1) is 11.4. The number of rotatable bonds is 4. The van der Waals surface area contributed by atoms with Crippen molar-refractivity contribution in [1.82, 2.24) is 10.3 Å². The van der Waals surface area contributed by atoms with E-state index in [1.807, 2.05) is 0 Å². The van der Waals surface area contributed by atoms with Crippen molar-refractivity contribution in [1.29, 1.82) is 0 Å². The van der Waals surface area contributed by atoms with Crippen LogP contribution in [0.15, 0.2) is 22.8 Å². The highest BCUT2D eigenvalue weighted by Crippen LogP contribution is 2.21. The Morgan fingerprint density at radius 3 is 2.88 bits per heavy atom. The second-order valence-corrected chi connectivity index (χ2v) is 3.50. The molecule has 90 valence electrons. The van der Waals surface area contributed by atoms with Crippen molar-refractivity contribution in [3.63, 3.8) is 0 Å². The minimum atomic E-state index is -0.347. The average molecular weight is 237 g/mol. The van der Waals surface area contributed by atoms with Crippen molar-refractivity contribution in [2.45, 2.75) is 13.5 Å². The van der Waals surface area contributed by atoms with Crippen LogP contribution >= 0.6 is 0 Å². The normalized spacial score (nSPS) is 10.3. The molecule has 0 amide bonds. The molecule has 0 aliphatic carbocycles. The molecule has 1 N–H and O–H groups in total. The molecule has 2 aromatic rings. The zero-order chi connectivity index (χ0) is 12.3. The third-order valence-corrected chi connectivity index (χ3v) is 2.37. The summed E-state index contributed by atoms with van der Waals surface area (Å²) >= 11 is 0. The van der Waals surface area contributed by atoms with Crippen LogP contribution in [0.2, 0.25) is 0 Å². The number of hydrogen-bond donors (Lipinski definition) is 1. The van der Waals surface area contributed by atoms with Gasteiger partial charge in [0.2, 0.25) is 0 Å². The number of nitrogens with one attached hydrogen (secondary N) is 1. The zero-order valence-electron chi connectivity index (χ0n) is 9.53. The molecule has 5 nitrogen and oxygen atoms in total. The highest BCUT2D eigenvalue weighted by Gasteiger charge is 2.07. The summed E-state index contributed by atoms with van der Waals surface area (Å²) in [5.41, 5.74) is 1.68. The highest BCUT2D eigenvalue weighted by atomic mass is 19.1. The predicted molar refractivity (Wildman–Crippen MR) is 59.3 cm³/mol. The van der Waals surface area contributed by atoms with Gasteiger partial charge in [0.15, 0.2) is 0 Å². The van der Waals surface area contributed by atoms with E-state index in [9.17, 15) is 4.39 Å². The average Bonchev–Trinajstić information content (AvgIpc) is 2.74. The van der Waals surface area contributed by atoms with Gasteiger partial charge in [0.25, 0.3) is 0 Å². The zero-order valence-corrected chi connectivity index (χ0v) is 9.53. The van der Waals surface area contributed by atoms with Gasteiger partial charge in [0.05, 0.1) is 19.3 Å². The van der Waals surface area contributed by atoms with Gasteiger partial charge in [-0.3, -0.25) is 0 Å². The van der Waals surface area contributed by atoms with E-state index in [2.05, 4.69) is 20.3 Å². The maximum absolute atomic E-state index is 13.5. The first-order chi connectivity index (χ1) is 8.20. The third-order valence-electron chi connectivity index (χ3n) is 2.37. The minimum Gasteiger partial charge on any atom is -0.497 e. The molecule has 0 aliphatic rings. The lowest BCUT2D eigenvalue weighted by atomic mass is 10.2. The number of hydrogen-bond acceptors (Lipinski definition) is 5. The maximum atomic E-state index is 13.5. The van der Waals surface area contributed by atoms with Crippen LogP contribution in [0.25, 0.3) is 0 Å². The standard InChI is InChI=1S/C11H12FN3O2/c1-7-11(15-17-14-7)6-13-10-5-8(16-2)3-4-9(10)12/h3-5,13H,6H2,1-2H3. The largest absolute Gasteiger partial charge is 0.497 e. The fourth-order valence-electron chi connectivity index (χ4n) is 1.36. The summed E-state index contributed by atoms with van der Waals surface area (Å²) in [6.45, 7) is 2.12. The molecule has 0 radical (unpaired) electrons. The van der Waals surface area contributed by atoms with Crippen molar-refractivity contribution in [3.8, 4) is 5.75 Å². The van der Waals surface area contributed by atoms with Crippen molar-refractivity contribution < 1.29 is 13.8 Å². The highest BCUT2D eigenvalue weighted by molar-refractivity contribution is 5.49. The van der Waals surface area contributed by atoms with Crippen LogP contribution in [0.5, 0.6) is 5.75 Å². The SMILES string of the molecule is COc1ccc(F)c(NCc2nonc2C)c1. The van der Waals surface area contributed by atoms with Gasteiger partial charge in [-0.2, -0.15) is 0 Å². The van der Waals surface area contributed by atoms with Gasteiger partial charge in [-0.05, 0) is 19.1 Å². The molecule has 1 aromatic carbocycles. The maximum Gasteiger partial charge on any atom is 0.146 e. The minimum absolute atomic E-state index is 0.347. The number of halogens is 1. The van der Waals surface area contributed by atoms with Crippen LogP contribution in [-0.2, 0) is 6.54 Å². The Bertz CT molecular complexity index is 513. The lowest BCUT2D eigenvalue weighted by molar-refractivity contribution is 0.301. The fraction of sp³-hybridized carbons (Fsp3) is 0.273. The lowest BCUT2D eigenvalue weighted by Gasteiger charge is -2.07. The van der Waals surface area contributed by atoms with Gasteiger partial charge in [0.1, 0.15) is 23.0 Å². The molecule has 1 heterocycles. The molecule has 0 atom stereocenters. The van der Waals surface area contributed by atoms with E-state index in [0.717, 1.165) is 0 Å². The van der Waals surface area contributed by atoms with Gasteiger partial charge >= 0.3 is 0 Å². The molecule has 0 saturated carbocycles. The Kier molecular flexibility index (Phi) is 3.22. The van der Waals surface area contributed by atoms with Gasteiger partial charge in [-0.1, -0.05) is 10.3 Å². The summed E-state index contributed by atoms with van der Waals surface area (Å²) < 4.78 is 23.0. The molecule has 0 aliphatic heterocycles. The first-order valence-electron chi connectivity index (χ1n) is 5.06. The number of benzene rings is 1. The van der Waals surface area contributed by atoms with Gasteiger partial charge in [-0.15, -0.1) is 0 Å². The number of ether oxygens (including phenoxy) is 1. The Hall–Kier alpha value is -2.11. The van der Waals surface area contributed by atoms with Crippen molar-refractivity contribution >= 4 is 5.69 Å². The molecule has 17 heavy (non-hydrogen) atoms. The summed E-state index contributed by atoms with van der Waals surface area (Å²) in [4.78, 5) is 0. The molecule has 0 bridgehead atoms. The van der Waals surface area contributed by atoms with Crippen molar-refractivity contribution in [2.75, 3.05) is 12.4 Å². The molecule has 0 fully saturated rings. The molecule has 6 heteroatoms. The second kappa shape index (κ2) is 4.82. The summed E-state index contributed by atoms with van der Waals surface area (Å²) in [5, 5.41) is 10.3. The van der Waals surface area contributed by atoms with E-state index in [-0.39, 0.29) is 5.82 Å². The van der Waals surface area contributed by atoms with Gasteiger partial charge in [-0.25, -0.2) is 9.02 Å². The Balaban J connectivity index is 2.11. The summed E-state index contributed by atoms with van der Waals surface area (Å²) in [7, 11) is 1.53. The molecule has 0 spiro atoms. The molecular formula is C11H12FN3O2. The predicted octanol–water partition coefficient (Wildman–Crippen LogP) is 2.14. The Morgan fingerprint density at radius 1 is 1.41 bits per heavy atom. The van der Waals surface area contributed by atoms with E-state index in [1.54, 1.807) is 19.1 Å². The summed E-state index contributed by atoms with van der Waals surface area (Å²) in [5.74, 6) is 0.240. The Morgan fingerprint density at radius 2 is 2.24 bits per heavy atom. The van der Waals surface area contributed by atoms with E-state index >= 15 is 0 Å². The number of methoxy groups -OCH3 is 1. The van der Waals surface area contributed by atoms with E-state index in [0.29, 0.717) is 29.4 Å². The molecule has 0 unspecified atom stereocenters. The van der Waals surface area contributed by atoms with Gasteiger partial charge in [0, 0.05) is 6.07 Å². The molecule has 2 rings (SSSR count). The molecular weight excluding hydrogens is 225 g/mol. The quantitative estimate of drug-likeness (QED) is 0.882. The topological polar surface area (TPSA) is 60.2 Å². The van der Waals surface area contributed by atoms with Gasteiger partial charge < -0.3 is 10.1 Å². The fourth-order valence-corrected chi connectivity index (χ4v) is 1.36. The Labute approximate surface area is 97.5 Å². The van der Waals surface area contributed by atoms with E-state index < -0.39 is 0 Å². The summed E-state index contributed by atoms with van der Waals surface area (Å²) in [6.07, 6.45) is 0. The first-order valence-corrected chi connectivity index (χ1v) is 5.06. The summed E-state index contributed by atoms with van der Waals surface area (Å²) in [6, 6.07) is 4.48. The lowest BCUT2D eigenvalue weighted by Crippen LogP contribution is -2.03. The van der Waals surface area contributed by atoms with Crippen LogP contribution in [0.1, 0.15) is 11.4 Å². The van der Waals surface area contributed by atoms with Crippen molar-refractivity contribution in [3.05, 3.63) is 35.4 Å². The van der Waals surface area contributed by atoms with E-state index in [4.69, 9.17) is 4.74 Å². The molecule has 1 aromatic heterocycles. The van der Waals surface area contributed by atoms with Crippen LogP contribution in [0.3, 0.4) is 0 Å². The smallest absolute Gasteiger partial charge is 0.146 e. The van der Waals surface area contributed by atoms with Crippen molar-refractivity contribution in [2.24, 2.45) is 0 Å². The van der Waals surface area contributed by atoms with Crippen LogP contribution in [0, 0.1) is 12.7 Å². The molecule has 0 saturated heterocycles. The van der Waals surface area contributed by atoms with E-state index in [1.165, 1.54) is 13.2 Å². The number of nitrogens with zero attached hydrogens (tertiary/aromatic N) is 2. The van der Waals surface area contributed by atoms with Crippen LogP contribution < -0.4 is 10.1 Å². The second-order valence-electron chi connectivity index (χ2n) is 3.50. The third kappa shape index (κ3) is 2.52. The monoisotopic (exact) mass is 237 g/mol. The number of aryl methyl sites for hydroxylation is 1. The van der Waals surface area contributed by atoms with Crippen LogP contribution in [-0.4, -0.2) is 17.4 Å².